The summed E-state index contributed by atoms with van der Waals surface area (Å²) in [6.07, 6.45) is 10.4. The second-order valence-corrected chi connectivity index (χ2v) is 7.35. The van der Waals surface area contributed by atoms with Crippen LogP contribution in [0.2, 0.25) is 0 Å². The highest BCUT2D eigenvalue weighted by Gasteiger charge is 2.41. The van der Waals surface area contributed by atoms with Crippen molar-refractivity contribution >= 4 is 5.91 Å². The normalized spacial score (nSPS) is 30.9. The molecule has 1 saturated heterocycles. The molecule has 22 heavy (non-hydrogen) atoms. The number of likely N-dealkylation sites (tertiary alicyclic amines) is 1. The lowest BCUT2D eigenvalue weighted by molar-refractivity contribution is -0.137. The zero-order valence-corrected chi connectivity index (χ0v) is 13.2. The molecular weight excluding hydrogens is 270 g/mol. The maximum Gasteiger partial charge on any atom is 0.226 e. The van der Waals surface area contributed by atoms with Crippen LogP contribution in [0.25, 0.3) is 0 Å². The summed E-state index contributed by atoms with van der Waals surface area (Å²) in [5.41, 5.74) is 1.44. The molecule has 1 aliphatic heterocycles. The van der Waals surface area contributed by atoms with Gasteiger partial charge in [-0.15, -0.1) is 0 Å². The van der Waals surface area contributed by atoms with Crippen LogP contribution in [0.15, 0.2) is 42.5 Å². The molecular formula is C20H25NO. The summed E-state index contributed by atoms with van der Waals surface area (Å²) < 4.78 is 0. The summed E-state index contributed by atoms with van der Waals surface area (Å²) in [6, 6.07) is 10.8. The Morgan fingerprint density at radius 2 is 1.82 bits per heavy atom. The van der Waals surface area contributed by atoms with Crippen LogP contribution in [0, 0.1) is 23.7 Å². The molecule has 2 heteroatoms. The number of nitrogens with zero attached hydrogens (tertiary/aromatic N) is 1. The largest absolute Gasteiger partial charge is 0.342 e. The lowest BCUT2D eigenvalue weighted by Gasteiger charge is -2.35. The molecule has 2 aliphatic carbocycles. The van der Waals surface area contributed by atoms with Crippen molar-refractivity contribution in [3.63, 3.8) is 0 Å². The van der Waals surface area contributed by atoms with Gasteiger partial charge in [0.15, 0.2) is 0 Å². The number of allylic oxidation sites excluding steroid dienone is 2. The van der Waals surface area contributed by atoms with E-state index in [2.05, 4.69) is 47.4 Å². The number of piperidine rings is 1. The van der Waals surface area contributed by atoms with Crippen molar-refractivity contribution in [1.29, 1.82) is 0 Å². The highest BCUT2D eigenvalue weighted by atomic mass is 16.2. The van der Waals surface area contributed by atoms with E-state index in [1.54, 1.807) is 0 Å². The zero-order valence-electron chi connectivity index (χ0n) is 13.2. The van der Waals surface area contributed by atoms with Gasteiger partial charge in [-0.05, 0) is 55.4 Å². The van der Waals surface area contributed by atoms with E-state index in [9.17, 15) is 4.79 Å². The van der Waals surface area contributed by atoms with E-state index < -0.39 is 0 Å². The standard InChI is InChI=1S/C20H25NO/c22-20(19-14-17-6-7-18(19)13-17)21-10-8-16(9-11-21)12-15-4-2-1-3-5-15/h1-7,16-19H,8-14H2. The van der Waals surface area contributed by atoms with Gasteiger partial charge in [-0.3, -0.25) is 4.79 Å². The molecule has 1 amide bonds. The Balaban J connectivity index is 1.30. The van der Waals surface area contributed by atoms with E-state index in [1.165, 1.54) is 18.4 Å². The van der Waals surface area contributed by atoms with Gasteiger partial charge in [0.05, 0.1) is 0 Å². The summed E-state index contributed by atoms with van der Waals surface area (Å²) in [5.74, 6) is 2.70. The van der Waals surface area contributed by atoms with Gasteiger partial charge in [-0.2, -0.15) is 0 Å². The summed E-state index contributed by atoms with van der Waals surface area (Å²) in [5, 5.41) is 0. The van der Waals surface area contributed by atoms with Crippen LogP contribution in [0.5, 0.6) is 0 Å². The molecule has 1 aromatic rings. The van der Waals surface area contributed by atoms with Crippen LogP contribution in [-0.4, -0.2) is 23.9 Å². The maximum absolute atomic E-state index is 12.7. The van der Waals surface area contributed by atoms with Crippen LogP contribution < -0.4 is 0 Å². The van der Waals surface area contributed by atoms with E-state index in [-0.39, 0.29) is 0 Å². The first-order valence-corrected chi connectivity index (χ1v) is 8.80. The maximum atomic E-state index is 12.7. The second kappa shape index (κ2) is 5.91. The van der Waals surface area contributed by atoms with Crippen LogP contribution in [-0.2, 0) is 11.2 Å². The minimum atomic E-state index is 0.292. The van der Waals surface area contributed by atoms with E-state index in [0.717, 1.165) is 38.3 Å². The van der Waals surface area contributed by atoms with Crippen molar-refractivity contribution in [3.05, 3.63) is 48.0 Å². The molecule has 0 radical (unpaired) electrons. The predicted octanol–water partition coefficient (Wildman–Crippen LogP) is 3.68. The van der Waals surface area contributed by atoms with Gasteiger partial charge in [0.1, 0.15) is 0 Å². The summed E-state index contributed by atoms with van der Waals surface area (Å²) in [6.45, 7) is 1.93. The number of carbonyl (C=O) groups excluding carboxylic acids is 1. The SMILES string of the molecule is O=C(C1CC2C=CC1C2)N1CCC(Cc2ccccc2)CC1. The van der Waals surface area contributed by atoms with Gasteiger partial charge in [0, 0.05) is 19.0 Å². The molecule has 4 rings (SSSR count). The molecule has 1 aromatic carbocycles. The molecule has 1 saturated carbocycles. The quantitative estimate of drug-likeness (QED) is 0.779. The number of benzene rings is 1. The molecule has 3 unspecified atom stereocenters. The van der Waals surface area contributed by atoms with Crippen molar-refractivity contribution in [2.45, 2.75) is 32.1 Å². The third-order valence-electron chi connectivity index (χ3n) is 5.89. The van der Waals surface area contributed by atoms with Gasteiger partial charge < -0.3 is 4.90 Å². The highest BCUT2D eigenvalue weighted by molar-refractivity contribution is 5.80. The third-order valence-corrected chi connectivity index (χ3v) is 5.89. The lowest BCUT2D eigenvalue weighted by Crippen LogP contribution is -2.43. The van der Waals surface area contributed by atoms with Crippen LogP contribution in [0.3, 0.4) is 0 Å². The number of carbonyl (C=O) groups is 1. The fraction of sp³-hybridized carbons (Fsp3) is 0.550. The van der Waals surface area contributed by atoms with E-state index in [1.807, 2.05) is 0 Å². The first-order valence-electron chi connectivity index (χ1n) is 8.80. The van der Waals surface area contributed by atoms with Crippen LogP contribution >= 0.6 is 0 Å². The van der Waals surface area contributed by atoms with Gasteiger partial charge >= 0.3 is 0 Å². The van der Waals surface area contributed by atoms with Gasteiger partial charge in [-0.25, -0.2) is 0 Å². The Hall–Kier alpha value is -1.57. The number of fused-ring (bicyclic) bond motifs is 2. The van der Waals surface area contributed by atoms with Crippen molar-refractivity contribution < 1.29 is 4.79 Å². The Morgan fingerprint density at radius 3 is 2.45 bits per heavy atom. The minimum absolute atomic E-state index is 0.292. The van der Waals surface area contributed by atoms with E-state index in [4.69, 9.17) is 0 Å². The third kappa shape index (κ3) is 2.71. The van der Waals surface area contributed by atoms with E-state index >= 15 is 0 Å². The molecule has 3 aliphatic rings. The monoisotopic (exact) mass is 295 g/mol. The Kier molecular flexibility index (Phi) is 3.77. The first kappa shape index (κ1) is 14.0. The Bertz CT molecular complexity index is 556. The van der Waals surface area contributed by atoms with Gasteiger partial charge in [-0.1, -0.05) is 42.5 Å². The lowest BCUT2D eigenvalue weighted by atomic mass is 9.88. The van der Waals surface area contributed by atoms with Gasteiger partial charge in [0.2, 0.25) is 5.91 Å². The Labute approximate surface area is 133 Å². The first-order chi connectivity index (χ1) is 10.8. The molecule has 2 nitrogen and oxygen atoms in total. The topological polar surface area (TPSA) is 20.3 Å². The number of hydrogen-bond acceptors (Lipinski definition) is 1. The zero-order chi connectivity index (χ0) is 14.9. The molecule has 0 spiro atoms. The summed E-state index contributed by atoms with van der Waals surface area (Å²) in [4.78, 5) is 14.9. The van der Waals surface area contributed by atoms with Crippen molar-refractivity contribution in [2.75, 3.05) is 13.1 Å². The molecule has 0 aromatic heterocycles. The molecule has 2 fully saturated rings. The fourth-order valence-corrected chi connectivity index (χ4v) is 4.60. The Morgan fingerprint density at radius 1 is 1.05 bits per heavy atom. The molecule has 1 heterocycles. The predicted molar refractivity (Wildman–Crippen MR) is 88.3 cm³/mol. The van der Waals surface area contributed by atoms with Crippen molar-refractivity contribution in [3.8, 4) is 0 Å². The molecule has 116 valence electrons. The van der Waals surface area contributed by atoms with Gasteiger partial charge in [0.25, 0.3) is 0 Å². The fourth-order valence-electron chi connectivity index (χ4n) is 4.60. The summed E-state index contributed by atoms with van der Waals surface area (Å²) in [7, 11) is 0. The summed E-state index contributed by atoms with van der Waals surface area (Å²) >= 11 is 0. The van der Waals surface area contributed by atoms with Crippen molar-refractivity contribution in [2.24, 2.45) is 23.7 Å². The second-order valence-electron chi connectivity index (χ2n) is 7.35. The number of amides is 1. The molecule has 3 atom stereocenters. The highest BCUT2D eigenvalue weighted by Crippen LogP contribution is 2.44. The van der Waals surface area contributed by atoms with Crippen LogP contribution in [0.4, 0.5) is 0 Å². The van der Waals surface area contributed by atoms with Crippen molar-refractivity contribution in [1.82, 2.24) is 4.90 Å². The smallest absolute Gasteiger partial charge is 0.226 e. The minimum Gasteiger partial charge on any atom is -0.342 e. The van der Waals surface area contributed by atoms with E-state index in [0.29, 0.717) is 23.7 Å². The molecule has 0 N–H and O–H groups in total. The number of rotatable bonds is 3. The average Bonchev–Trinajstić information content (AvgIpc) is 3.19. The van der Waals surface area contributed by atoms with Crippen LogP contribution in [0.1, 0.15) is 31.2 Å². The average molecular weight is 295 g/mol. The molecule has 2 bridgehead atoms. The number of hydrogen-bond donors (Lipinski definition) is 0.